The molecule has 2 fully saturated rings. The quantitative estimate of drug-likeness (QED) is 0.917. The van der Waals surface area contributed by atoms with Gasteiger partial charge in [-0.15, -0.1) is 0 Å². The number of benzene rings is 1. The molecule has 0 aliphatic carbocycles. The molecule has 132 valence electrons. The maximum atomic E-state index is 13.3. The van der Waals surface area contributed by atoms with Crippen LogP contribution in [0.4, 0.5) is 10.1 Å². The van der Waals surface area contributed by atoms with Gasteiger partial charge in [0.05, 0.1) is 12.6 Å². The Labute approximate surface area is 142 Å². The van der Waals surface area contributed by atoms with Crippen LogP contribution >= 0.6 is 0 Å². The number of methoxy groups -OCH3 is 1. The molecule has 2 saturated heterocycles. The fourth-order valence-corrected chi connectivity index (χ4v) is 3.81. The number of likely N-dealkylation sites (tertiary alicyclic amines) is 1. The summed E-state index contributed by atoms with van der Waals surface area (Å²) < 4.78 is 25.0. The van der Waals surface area contributed by atoms with Crippen molar-refractivity contribution in [1.82, 2.24) is 4.90 Å². The lowest BCUT2D eigenvalue weighted by molar-refractivity contribution is -0.146. The zero-order valence-corrected chi connectivity index (χ0v) is 14.3. The molecule has 2 aliphatic heterocycles. The number of anilines is 1. The number of hydrogen-bond donors (Lipinski definition) is 1. The second-order valence-corrected chi connectivity index (χ2v) is 6.75. The van der Waals surface area contributed by atoms with Crippen molar-refractivity contribution in [3.63, 3.8) is 0 Å². The third kappa shape index (κ3) is 3.61. The highest BCUT2D eigenvalue weighted by molar-refractivity contribution is 5.92. The molecule has 0 aromatic heterocycles. The monoisotopic (exact) mass is 336 g/mol. The SMILES string of the molecule is CO[C@H]1CCN(CC(=O)Nc2cc(F)ccc2C)C[C@]12CCCO2. The second-order valence-electron chi connectivity index (χ2n) is 6.75. The van der Waals surface area contributed by atoms with Crippen molar-refractivity contribution < 1.29 is 18.7 Å². The predicted octanol–water partition coefficient (Wildman–Crippen LogP) is 2.34. The topological polar surface area (TPSA) is 50.8 Å². The van der Waals surface area contributed by atoms with Crippen LogP contribution in [0.5, 0.6) is 0 Å². The van der Waals surface area contributed by atoms with Crippen LogP contribution in [-0.4, -0.2) is 55.9 Å². The summed E-state index contributed by atoms with van der Waals surface area (Å²) in [6.07, 6.45) is 2.93. The number of rotatable bonds is 4. The summed E-state index contributed by atoms with van der Waals surface area (Å²) in [5, 5.41) is 2.81. The van der Waals surface area contributed by atoms with Gasteiger partial charge in [0.2, 0.25) is 5.91 Å². The van der Waals surface area contributed by atoms with Crippen LogP contribution in [0.25, 0.3) is 0 Å². The number of halogens is 1. The van der Waals surface area contributed by atoms with Gasteiger partial charge in [-0.3, -0.25) is 9.69 Å². The van der Waals surface area contributed by atoms with Crippen LogP contribution < -0.4 is 5.32 Å². The Hall–Kier alpha value is -1.50. The number of amides is 1. The maximum absolute atomic E-state index is 13.3. The summed E-state index contributed by atoms with van der Waals surface area (Å²) in [4.78, 5) is 14.5. The smallest absolute Gasteiger partial charge is 0.238 e. The normalized spacial score (nSPS) is 27.5. The fourth-order valence-electron chi connectivity index (χ4n) is 3.81. The van der Waals surface area contributed by atoms with E-state index in [-0.39, 0.29) is 30.0 Å². The van der Waals surface area contributed by atoms with Crippen molar-refractivity contribution in [2.75, 3.05) is 38.7 Å². The van der Waals surface area contributed by atoms with Crippen molar-refractivity contribution in [3.8, 4) is 0 Å². The largest absolute Gasteiger partial charge is 0.378 e. The van der Waals surface area contributed by atoms with E-state index in [1.54, 1.807) is 13.2 Å². The van der Waals surface area contributed by atoms with E-state index in [1.165, 1.54) is 12.1 Å². The van der Waals surface area contributed by atoms with Gasteiger partial charge in [0.1, 0.15) is 11.4 Å². The molecule has 1 spiro atoms. The predicted molar refractivity (Wildman–Crippen MR) is 89.5 cm³/mol. The lowest BCUT2D eigenvalue weighted by Gasteiger charge is -2.44. The van der Waals surface area contributed by atoms with Gasteiger partial charge in [-0.2, -0.15) is 0 Å². The molecular weight excluding hydrogens is 311 g/mol. The van der Waals surface area contributed by atoms with Crippen molar-refractivity contribution in [2.45, 2.75) is 37.9 Å². The van der Waals surface area contributed by atoms with Crippen LogP contribution in [0, 0.1) is 12.7 Å². The van der Waals surface area contributed by atoms with E-state index in [0.29, 0.717) is 12.2 Å². The Morgan fingerprint density at radius 1 is 1.54 bits per heavy atom. The van der Waals surface area contributed by atoms with Crippen LogP contribution in [0.15, 0.2) is 18.2 Å². The minimum Gasteiger partial charge on any atom is -0.378 e. The van der Waals surface area contributed by atoms with Crippen LogP contribution in [0.3, 0.4) is 0 Å². The van der Waals surface area contributed by atoms with E-state index in [0.717, 1.165) is 38.0 Å². The van der Waals surface area contributed by atoms with Crippen LogP contribution in [0.2, 0.25) is 0 Å². The van der Waals surface area contributed by atoms with E-state index in [2.05, 4.69) is 10.2 Å². The van der Waals surface area contributed by atoms with E-state index in [1.807, 2.05) is 6.92 Å². The summed E-state index contributed by atoms with van der Waals surface area (Å²) in [5.74, 6) is -0.483. The zero-order valence-electron chi connectivity index (χ0n) is 14.3. The summed E-state index contributed by atoms with van der Waals surface area (Å²) in [7, 11) is 1.73. The molecule has 0 unspecified atom stereocenters. The van der Waals surface area contributed by atoms with Gasteiger partial charge in [-0.25, -0.2) is 4.39 Å². The van der Waals surface area contributed by atoms with Crippen molar-refractivity contribution in [1.29, 1.82) is 0 Å². The van der Waals surface area contributed by atoms with E-state index in [9.17, 15) is 9.18 Å². The van der Waals surface area contributed by atoms with Crippen molar-refractivity contribution >= 4 is 11.6 Å². The maximum Gasteiger partial charge on any atom is 0.238 e. The first-order valence-corrected chi connectivity index (χ1v) is 8.47. The first-order chi connectivity index (χ1) is 11.5. The van der Waals surface area contributed by atoms with Gasteiger partial charge >= 0.3 is 0 Å². The number of piperidine rings is 1. The van der Waals surface area contributed by atoms with Gasteiger partial charge in [0.25, 0.3) is 0 Å². The molecule has 2 aliphatic rings. The Morgan fingerprint density at radius 3 is 3.08 bits per heavy atom. The third-order valence-electron chi connectivity index (χ3n) is 5.04. The Kier molecular flexibility index (Phi) is 5.18. The van der Waals surface area contributed by atoms with Gasteiger partial charge in [0, 0.05) is 32.5 Å². The Balaban J connectivity index is 1.61. The number of ether oxygens (including phenoxy) is 2. The zero-order chi connectivity index (χ0) is 17.2. The molecule has 1 amide bonds. The molecule has 24 heavy (non-hydrogen) atoms. The van der Waals surface area contributed by atoms with Crippen LogP contribution in [-0.2, 0) is 14.3 Å². The Morgan fingerprint density at radius 2 is 2.38 bits per heavy atom. The number of carbonyl (C=O) groups excluding carboxylic acids is 1. The molecule has 0 saturated carbocycles. The van der Waals surface area contributed by atoms with Gasteiger partial charge in [-0.05, 0) is 43.9 Å². The van der Waals surface area contributed by atoms with E-state index < -0.39 is 0 Å². The second kappa shape index (κ2) is 7.17. The standard InChI is InChI=1S/C18H25FN2O3/c1-13-4-5-14(19)10-15(13)20-17(22)11-21-8-6-16(23-2)18(12-21)7-3-9-24-18/h4-5,10,16H,3,6-9,11-12H2,1-2H3,(H,20,22)/t16-,18+/m0/s1. The minimum absolute atomic E-state index is 0.0878. The molecule has 1 N–H and O–H groups in total. The van der Waals surface area contributed by atoms with Crippen LogP contribution in [0.1, 0.15) is 24.8 Å². The molecule has 0 bridgehead atoms. The van der Waals surface area contributed by atoms with E-state index >= 15 is 0 Å². The Bertz CT molecular complexity index is 602. The molecule has 2 heterocycles. The molecule has 0 radical (unpaired) electrons. The summed E-state index contributed by atoms with van der Waals surface area (Å²) >= 11 is 0. The molecule has 1 aromatic carbocycles. The molecule has 6 heteroatoms. The minimum atomic E-state index is -0.352. The van der Waals surface area contributed by atoms with Crippen molar-refractivity contribution in [2.24, 2.45) is 0 Å². The average Bonchev–Trinajstić information content (AvgIpc) is 3.00. The fraction of sp³-hybridized carbons (Fsp3) is 0.611. The van der Waals surface area contributed by atoms with Gasteiger partial charge in [-0.1, -0.05) is 6.07 Å². The highest BCUT2D eigenvalue weighted by atomic mass is 19.1. The molecular formula is C18H25FN2O3. The number of aryl methyl sites for hydroxylation is 1. The number of hydrogen-bond acceptors (Lipinski definition) is 4. The number of carbonyl (C=O) groups is 1. The first kappa shape index (κ1) is 17.3. The average molecular weight is 336 g/mol. The van der Waals surface area contributed by atoms with Gasteiger partial charge in [0.15, 0.2) is 0 Å². The summed E-state index contributed by atoms with van der Waals surface area (Å²) in [6.45, 7) is 4.36. The third-order valence-corrected chi connectivity index (χ3v) is 5.04. The molecule has 2 atom stereocenters. The number of nitrogens with zero attached hydrogens (tertiary/aromatic N) is 1. The lowest BCUT2D eigenvalue weighted by atomic mass is 9.87. The molecule has 3 rings (SSSR count). The molecule has 5 nitrogen and oxygen atoms in total. The number of nitrogens with one attached hydrogen (secondary N) is 1. The lowest BCUT2D eigenvalue weighted by Crippen LogP contribution is -2.58. The summed E-state index contributed by atoms with van der Waals surface area (Å²) in [5.41, 5.74) is 1.08. The van der Waals surface area contributed by atoms with Crippen molar-refractivity contribution in [3.05, 3.63) is 29.6 Å². The first-order valence-electron chi connectivity index (χ1n) is 8.47. The summed E-state index contributed by atoms with van der Waals surface area (Å²) in [6, 6.07) is 4.41. The highest BCUT2D eigenvalue weighted by Gasteiger charge is 2.47. The highest BCUT2D eigenvalue weighted by Crippen LogP contribution is 2.36. The van der Waals surface area contributed by atoms with Gasteiger partial charge < -0.3 is 14.8 Å². The molecule has 1 aromatic rings. The van der Waals surface area contributed by atoms with E-state index in [4.69, 9.17) is 9.47 Å².